The predicted octanol–water partition coefficient (Wildman–Crippen LogP) is 13.8. The van der Waals surface area contributed by atoms with Crippen molar-refractivity contribution in [3.05, 3.63) is 78.4 Å². The number of hydrogen-bond acceptors (Lipinski definition) is 3. The molecule has 0 N–H and O–H groups in total. The molecule has 3 aromatic carbocycles. The van der Waals surface area contributed by atoms with Crippen molar-refractivity contribution in [1.82, 2.24) is 0 Å². The molecule has 0 amide bonds. The lowest BCUT2D eigenvalue weighted by molar-refractivity contribution is -0.148. The van der Waals surface area contributed by atoms with E-state index in [1.807, 2.05) is 6.92 Å². The van der Waals surface area contributed by atoms with E-state index < -0.39 is 0 Å². The third-order valence-electron chi connectivity index (χ3n) is 9.34. The minimum Gasteiger partial charge on any atom is -0.494 e. The summed E-state index contributed by atoms with van der Waals surface area (Å²) in [5, 5.41) is 0. The van der Waals surface area contributed by atoms with Crippen LogP contribution in [0.15, 0.2) is 72.8 Å². The molecule has 0 spiro atoms. The molecule has 0 fully saturated rings. The van der Waals surface area contributed by atoms with Crippen LogP contribution >= 0.6 is 0 Å². The van der Waals surface area contributed by atoms with Gasteiger partial charge in [-0.25, -0.2) is 0 Å². The highest BCUT2D eigenvalue weighted by Gasteiger charge is 2.13. The molecule has 0 bridgehead atoms. The van der Waals surface area contributed by atoms with E-state index in [-0.39, 0.29) is 12.1 Å². The molecule has 0 aliphatic carbocycles. The zero-order chi connectivity index (χ0) is 33.4. The van der Waals surface area contributed by atoms with Gasteiger partial charge in [0.05, 0.1) is 6.61 Å². The molecule has 0 saturated carbocycles. The number of benzene rings is 3. The zero-order valence-electron chi connectivity index (χ0n) is 30.1. The Kier molecular flexibility index (Phi) is 19.7. The average Bonchev–Trinajstić information content (AvgIpc) is 3.10. The highest BCUT2D eigenvalue weighted by atomic mass is 16.5. The fourth-order valence-electron chi connectivity index (χ4n) is 6.33. The Labute approximate surface area is 287 Å². The number of unbranched alkanes of at least 4 members (excludes halogenated alkanes) is 17. The van der Waals surface area contributed by atoms with Gasteiger partial charge in [0.25, 0.3) is 0 Å². The van der Waals surface area contributed by atoms with Crippen LogP contribution in [-0.4, -0.2) is 12.6 Å². The summed E-state index contributed by atoms with van der Waals surface area (Å²) in [5.74, 6) is 0.845. The van der Waals surface area contributed by atoms with Gasteiger partial charge in [-0.3, -0.25) is 4.79 Å². The Hall–Kier alpha value is -3.07. The highest BCUT2D eigenvalue weighted by Crippen LogP contribution is 2.34. The highest BCUT2D eigenvalue weighted by molar-refractivity contribution is 5.83. The van der Waals surface area contributed by atoms with Crippen LogP contribution in [0.5, 0.6) is 5.75 Å². The SMILES string of the molecule is CCCCCCCCCCCCCCC(=O)OC(C)c1ccc(-c2ccccc2-c2ccc(OCCCCCCCCC)cc2)cc1. The van der Waals surface area contributed by atoms with E-state index in [1.165, 1.54) is 119 Å². The largest absolute Gasteiger partial charge is 0.494 e. The number of rotatable bonds is 26. The van der Waals surface area contributed by atoms with E-state index in [9.17, 15) is 4.79 Å². The molecular formula is C44H64O3. The first-order valence-corrected chi connectivity index (χ1v) is 19.2. The molecule has 1 atom stereocenters. The Morgan fingerprint density at radius 3 is 1.45 bits per heavy atom. The fourth-order valence-corrected chi connectivity index (χ4v) is 6.33. The third-order valence-corrected chi connectivity index (χ3v) is 9.34. The number of ether oxygens (including phenoxy) is 2. The van der Waals surface area contributed by atoms with Crippen molar-refractivity contribution in [2.75, 3.05) is 6.61 Å². The first-order valence-electron chi connectivity index (χ1n) is 19.2. The van der Waals surface area contributed by atoms with Crippen LogP contribution in [0, 0.1) is 0 Å². The Morgan fingerprint density at radius 1 is 0.532 bits per heavy atom. The maximum atomic E-state index is 12.5. The van der Waals surface area contributed by atoms with Crippen molar-refractivity contribution in [2.45, 2.75) is 155 Å². The molecule has 0 radical (unpaired) electrons. The normalized spacial score (nSPS) is 11.8. The quantitative estimate of drug-likeness (QED) is 0.0647. The van der Waals surface area contributed by atoms with Gasteiger partial charge in [-0.1, -0.05) is 184 Å². The van der Waals surface area contributed by atoms with Crippen LogP contribution in [0.1, 0.15) is 161 Å². The van der Waals surface area contributed by atoms with Crippen molar-refractivity contribution >= 4 is 5.97 Å². The van der Waals surface area contributed by atoms with E-state index in [0.717, 1.165) is 42.7 Å². The summed E-state index contributed by atoms with van der Waals surface area (Å²) < 4.78 is 11.8. The second-order valence-corrected chi connectivity index (χ2v) is 13.4. The van der Waals surface area contributed by atoms with Crippen molar-refractivity contribution in [1.29, 1.82) is 0 Å². The summed E-state index contributed by atoms with van der Waals surface area (Å²) in [6.45, 7) is 7.29. The molecule has 3 aromatic rings. The fraction of sp³-hybridized carbons (Fsp3) is 0.568. The van der Waals surface area contributed by atoms with E-state index in [2.05, 4.69) is 86.6 Å². The van der Waals surface area contributed by atoms with Gasteiger partial charge in [-0.15, -0.1) is 0 Å². The van der Waals surface area contributed by atoms with Gasteiger partial charge in [-0.2, -0.15) is 0 Å². The van der Waals surface area contributed by atoms with Crippen LogP contribution in [0.2, 0.25) is 0 Å². The number of esters is 1. The van der Waals surface area contributed by atoms with Gasteiger partial charge >= 0.3 is 5.97 Å². The Morgan fingerprint density at radius 2 is 0.957 bits per heavy atom. The molecule has 0 aliphatic heterocycles. The van der Waals surface area contributed by atoms with Crippen molar-refractivity contribution in [2.24, 2.45) is 0 Å². The monoisotopic (exact) mass is 640 g/mol. The van der Waals surface area contributed by atoms with Crippen LogP contribution < -0.4 is 4.74 Å². The molecular weight excluding hydrogens is 576 g/mol. The first kappa shape index (κ1) is 38.4. The molecule has 0 heterocycles. The van der Waals surface area contributed by atoms with Crippen molar-refractivity contribution < 1.29 is 14.3 Å². The number of carbonyl (C=O) groups is 1. The van der Waals surface area contributed by atoms with Crippen molar-refractivity contribution in [3.8, 4) is 28.0 Å². The second-order valence-electron chi connectivity index (χ2n) is 13.4. The van der Waals surface area contributed by atoms with Gasteiger partial charge in [0.1, 0.15) is 11.9 Å². The van der Waals surface area contributed by atoms with E-state index in [1.54, 1.807) is 0 Å². The second kappa shape index (κ2) is 24.1. The maximum Gasteiger partial charge on any atom is 0.306 e. The van der Waals surface area contributed by atoms with Gasteiger partial charge in [0.15, 0.2) is 0 Å². The van der Waals surface area contributed by atoms with Gasteiger partial charge in [-0.05, 0) is 59.7 Å². The first-order chi connectivity index (χ1) is 23.1. The molecule has 47 heavy (non-hydrogen) atoms. The Bertz CT molecular complexity index is 1210. The molecule has 3 nitrogen and oxygen atoms in total. The van der Waals surface area contributed by atoms with E-state index in [4.69, 9.17) is 9.47 Å². The van der Waals surface area contributed by atoms with E-state index in [0.29, 0.717) is 6.42 Å². The molecule has 0 aliphatic rings. The average molecular weight is 641 g/mol. The number of carbonyl (C=O) groups excluding carboxylic acids is 1. The molecule has 1 unspecified atom stereocenters. The van der Waals surface area contributed by atoms with Gasteiger partial charge in [0, 0.05) is 6.42 Å². The smallest absolute Gasteiger partial charge is 0.306 e. The standard InChI is InChI=1S/C44H64O3/c1-4-6-8-10-12-13-14-15-16-17-19-21-27-44(45)47-37(3)38-28-30-39(31-29-38)42-25-22-23-26-43(42)40-32-34-41(35-33-40)46-36-24-20-18-11-9-7-5-2/h22-23,25-26,28-35,37H,4-21,24,27,36H2,1-3H3. The van der Waals surface area contributed by atoms with Crippen molar-refractivity contribution in [3.63, 3.8) is 0 Å². The molecule has 3 rings (SSSR count). The molecule has 0 aromatic heterocycles. The third kappa shape index (κ3) is 15.6. The minimum atomic E-state index is -0.252. The van der Waals surface area contributed by atoms with Gasteiger partial charge < -0.3 is 9.47 Å². The molecule has 258 valence electrons. The minimum absolute atomic E-state index is 0.0890. The predicted molar refractivity (Wildman–Crippen MR) is 201 cm³/mol. The van der Waals surface area contributed by atoms with Gasteiger partial charge in [0.2, 0.25) is 0 Å². The zero-order valence-corrected chi connectivity index (χ0v) is 30.1. The number of hydrogen-bond donors (Lipinski definition) is 0. The summed E-state index contributed by atoms with van der Waals surface area (Å²) >= 11 is 0. The van der Waals surface area contributed by atoms with Crippen LogP contribution in [0.25, 0.3) is 22.3 Å². The summed E-state index contributed by atoms with van der Waals surface area (Å²) in [5.41, 5.74) is 5.73. The summed E-state index contributed by atoms with van der Waals surface area (Å²) in [4.78, 5) is 12.5. The lowest BCUT2D eigenvalue weighted by Gasteiger charge is -2.15. The summed E-state index contributed by atoms with van der Waals surface area (Å²) in [7, 11) is 0. The van der Waals surface area contributed by atoms with Crippen LogP contribution in [0.3, 0.4) is 0 Å². The Balaban J connectivity index is 1.38. The maximum absolute atomic E-state index is 12.5. The lowest BCUT2D eigenvalue weighted by atomic mass is 9.93. The molecule has 3 heteroatoms. The topological polar surface area (TPSA) is 35.5 Å². The van der Waals surface area contributed by atoms with Crippen LogP contribution in [-0.2, 0) is 9.53 Å². The van der Waals surface area contributed by atoms with E-state index >= 15 is 0 Å². The van der Waals surface area contributed by atoms with Crippen LogP contribution in [0.4, 0.5) is 0 Å². The summed E-state index contributed by atoms with van der Waals surface area (Å²) in [6, 6.07) is 25.5. The lowest BCUT2D eigenvalue weighted by Crippen LogP contribution is -2.08. The molecule has 0 saturated heterocycles. The summed E-state index contributed by atoms with van der Waals surface area (Å²) in [6.07, 6.45) is 24.8.